The SMILES string of the molecule is CCN1CCCCC1/C=C\C(=O)O. The van der Waals surface area contributed by atoms with Crippen molar-refractivity contribution < 1.29 is 9.90 Å². The second kappa shape index (κ2) is 5.02. The Morgan fingerprint density at radius 1 is 1.62 bits per heavy atom. The Hall–Kier alpha value is -0.830. The van der Waals surface area contributed by atoms with E-state index in [2.05, 4.69) is 11.8 Å². The molecule has 0 aromatic carbocycles. The van der Waals surface area contributed by atoms with E-state index >= 15 is 0 Å². The molecule has 1 atom stereocenters. The maximum Gasteiger partial charge on any atom is 0.328 e. The predicted octanol–water partition coefficient (Wildman–Crippen LogP) is 1.50. The summed E-state index contributed by atoms with van der Waals surface area (Å²) < 4.78 is 0. The molecule has 0 spiro atoms. The topological polar surface area (TPSA) is 40.5 Å². The zero-order chi connectivity index (χ0) is 9.68. The van der Waals surface area contributed by atoms with Crippen LogP contribution in [0.3, 0.4) is 0 Å². The summed E-state index contributed by atoms with van der Waals surface area (Å²) in [6, 6.07) is 0.342. The molecule has 74 valence electrons. The zero-order valence-corrected chi connectivity index (χ0v) is 8.07. The first-order valence-electron chi connectivity index (χ1n) is 4.89. The molecule has 0 aliphatic carbocycles. The maximum atomic E-state index is 10.3. The van der Waals surface area contributed by atoms with Gasteiger partial charge in [0.15, 0.2) is 0 Å². The quantitative estimate of drug-likeness (QED) is 0.674. The van der Waals surface area contributed by atoms with Crippen molar-refractivity contribution in [3.05, 3.63) is 12.2 Å². The van der Waals surface area contributed by atoms with Crippen LogP contribution in [0.2, 0.25) is 0 Å². The van der Waals surface area contributed by atoms with Crippen LogP contribution < -0.4 is 0 Å². The average Bonchev–Trinajstić information content (AvgIpc) is 2.15. The highest BCUT2D eigenvalue weighted by atomic mass is 16.4. The van der Waals surface area contributed by atoms with Crippen molar-refractivity contribution in [3.63, 3.8) is 0 Å². The van der Waals surface area contributed by atoms with Gasteiger partial charge >= 0.3 is 5.97 Å². The monoisotopic (exact) mass is 183 g/mol. The van der Waals surface area contributed by atoms with Crippen LogP contribution in [0.15, 0.2) is 12.2 Å². The van der Waals surface area contributed by atoms with E-state index in [1.54, 1.807) is 0 Å². The normalized spacial score (nSPS) is 25.2. The largest absolute Gasteiger partial charge is 0.478 e. The fourth-order valence-electron chi connectivity index (χ4n) is 1.82. The average molecular weight is 183 g/mol. The molecule has 0 amide bonds. The first kappa shape index (κ1) is 10.3. The smallest absolute Gasteiger partial charge is 0.328 e. The van der Waals surface area contributed by atoms with Crippen LogP contribution in [0.5, 0.6) is 0 Å². The molecule has 1 N–H and O–H groups in total. The van der Waals surface area contributed by atoms with E-state index in [-0.39, 0.29) is 0 Å². The number of nitrogens with zero attached hydrogens (tertiary/aromatic N) is 1. The van der Waals surface area contributed by atoms with Crippen molar-refractivity contribution in [1.29, 1.82) is 0 Å². The van der Waals surface area contributed by atoms with Gasteiger partial charge in [0, 0.05) is 12.1 Å². The summed E-state index contributed by atoms with van der Waals surface area (Å²) in [5, 5.41) is 8.50. The Morgan fingerprint density at radius 3 is 3.00 bits per heavy atom. The molecule has 3 nitrogen and oxygen atoms in total. The molecule has 0 saturated carbocycles. The van der Waals surface area contributed by atoms with Crippen LogP contribution in [0.4, 0.5) is 0 Å². The van der Waals surface area contributed by atoms with E-state index < -0.39 is 5.97 Å². The molecule has 0 aromatic heterocycles. The van der Waals surface area contributed by atoms with Crippen molar-refractivity contribution >= 4 is 5.97 Å². The highest BCUT2D eigenvalue weighted by Gasteiger charge is 2.17. The van der Waals surface area contributed by atoms with Gasteiger partial charge in [-0.05, 0) is 25.9 Å². The minimum absolute atomic E-state index is 0.342. The van der Waals surface area contributed by atoms with E-state index in [4.69, 9.17) is 5.11 Å². The van der Waals surface area contributed by atoms with E-state index in [0.717, 1.165) is 19.5 Å². The number of likely N-dealkylation sites (N-methyl/N-ethyl adjacent to an activating group) is 1. The molecule has 1 heterocycles. The lowest BCUT2D eigenvalue weighted by molar-refractivity contribution is -0.131. The molecule has 0 radical (unpaired) electrons. The highest BCUT2D eigenvalue weighted by Crippen LogP contribution is 2.17. The van der Waals surface area contributed by atoms with E-state index in [1.165, 1.54) is 18.9 Å². The van der Waals surface area contributed by atoms with Gasteiger partial charge in [-0.25, -0.2) is 4.79 Å². The van der Waals surface area contributed by atoms with Gasteiger partial charge in [0.05, 0.1) is 0 Å². The van der Waals surface area contributed by atoms with Crippen LogP contribution in [0.25, 0.3) is 0 Å². The van der Waals surface area contributed by atoms with Gasteiger partial charge in [-0.1, -0.05) is 19.4 Å². The Morgan fingerprint density at radius 2 is 2.38 bits per heavy atom. The number of carboxylic acids is 1. The Balaban J connectivity index is 2.49. The Bertz CT molecular complexity index is 201. The van der Waals surface area contributed by atoms with E-state index in [1.807, 2.05) is 6.08 Å². The number of carboxylic acid groups (broad SMARTS) is 1. The van der Waals surface area contributed by atoms with Crippen molar-refractivity contribution in [2.45, 2.75) is 32.2 Å². The zero-order valence-electron chi connectivity index (χ0n) is 8.07. The summed E-state index contributed by atoms with van der Waals surface area (Å²) in [7, 11) is 0. The third-order valence-corrected chi connectivity index (χ3v) is 2.53. The molecular formula is C10H17NO2. The lowest BCUT2D eigenvalue weighted by Crippen LogP contribution is -2.37. The summed E-state index contributed by atoms with van der Waals surface area (Å²) in [6.45, 7) is 4.23. The van der Waals surface area contributed by atoms with Gasteiger partial charge in [-0.15, -0.1) is 0 Å². The van der Waals surface area contributed by atoms with Crippen LogP contribution in [0, 0.1) is 0 Å². The van der Waals surface area contributed by atoms with Gasteiger partial charge in [-0.3, -0.25) is 4.90 Å². The third-order valence-electron chi connectivity index (χ3n) is 2.53. The molecule has 13 heavy (non-hydrogen) atoms. The van der Waals surface area contributed by atoms with Gasteiger partial charge in [0.25, 0.3) is 0 Å². The maximum absolute atomic E-state index is 10.3. The molecule has 0 aromatic rings. The van der Waals surface area contributed by atoms with Crippen LogP contribution in [0.1, 0.15) is 26.2 Å². The number of piperidine rings is 1. The molecule has 3 heteroatoms. The highest BCUT2D eigenvalue weighted by molar-refractivity contribution is 5.79. The molecule has 1 unspecified atom stereocenters. The summed E-state index contributed by atoms with van der Waals surface area (Å²) in [4.78, 5) is 12.7. The summed E-state index contributed by atoms with van der Waals surface area (Å²) in [5.74, 6) is -0.846. The fourth-order valence-corrected chi connectivity index (χ4v) is 1.82. The number of rotatable bonds is 3. The Kier molecular flexibility index (Phi) is 3.96. The second-order valence-electron chi connectivity index (χ2n) is 3.39. The summed E-state index contributed by atoms with van der Waals surface area (Å²) in [6.07, 6.45) is 6.62. The third kappa shape index (κ3) is 3.19. The van der Waals surface area contributed by atoms with Crippen molar-refractivity contribution in [3.8, 4) is 0 Å². The van der Waals surface area contributed by atoms with Crippen molar-refractivity contribution in [2.75, 3.05) is 13.1 Å². The number of aliphatic carboxylic acids is 1. The van der Waals surface area contributed by atoms with E-state index in [9.17, 15) is 4.79 Å². The van der Waals surface area contributed by atoms with E-state index in [0.29, 0.717) is 6.04 Å². The van der Waals surface area contributed by atoms with Crippen molar-refractivity contribution in [1.82, 2.24) is 4.90 Å². The lowest BCUT2D eigenvalue weighted by atomic mass is 10.0. The van der Waals surface area contributed by atoms with Crippen LogP contribution >= 0.6 is 0 Å². The van der Waals surface area contributed by atoms with Crippen molar-refractivity contribution in [2.24, 2.45) is 0 Å². The summed E-state index contributed by atoms with van der Waals surface area (Å²) >= 11 is 0. The Labute approximate surface area is 79.0 Å². The molecule has 1 saturated heterocycles. The predicted molar refractivity (Wildman–Crippen MR) is 51.7 cm³/mol. The minimum Gasteiger partial charge on any atom is -0.478 e. The number of carbonyl (C=O) groups is 1. The van der Waals surface area contributed by atoms with Gasteiger partial charge in [-0.2, -0.15) is 0 Å². The van der Waals surface area contributed by atoms with Crippen LogP contribution in [-0.4, -0.2) is 35.1 Å². The van der Waals surface area contributed by atoms with Gasteiger partial charge in [0.2, 0.25) is 0 Å². The number of hydrogen-bond acceptors (Lipinski definition) is 2. The second-order valence-corrected chi connectivity index (χ2v) is 3.39. The molecule has 1 aliphatic rings. The molecular weight excluding hydrogens is 166 g/mol. The summed E-state index contributed by atoms with van der Waals surface area (Å²) in [5.41, 5.74) is 0. The molecule has 1 aliphatic heterocycles. The number of hydrogen-bond donors (Lipinski definition) is 1. The first-order chi connectivity index (χ1) is 6.24. The molecule has 1 fully saturated rings. The van der Waals surface area contributed by atoms with Gasteiger partial charge < -0.3 is 5.11 Å². The lowest BCUT2D eigenvalue weighted by Gasteiger charge is -2.32. The standard InChI is InChI=1S/C10H17NO2/c1-2-11-8-4-3-5-9(11)6-7-10(12)13/h6-7,9H,2-5,8H2,1H3,(H,12,13)/b7-6-. The fraction of sp³-hybridized carbons (Fsp3) is 0.700. The first-order valence-corrected chi connectivity index (χ1v) is 4.89. The van der Waals surface area contributed by atoms with Gasteiger partial charge in [0.1, 0.15) is 0 Å². The minimum atomic E-state index is -0.846. The van der Waals surface area contributed by atoms with Crippen LogP contribution in [-0.2, 0) is 4.79 Å². The molecule has 1 rings (SSSR count). The molecule has 0 bridgehead atoms. The number of likely N-dealkylation sites (tertiary alicyclic amines) is 1.